The summed E-state index contributed by atoms with van der Waals surface area (Å²) in [6.07, 6.45) is 2.98. The SMILES string of the molecule is CCNc1ccncc1C(=O)Nc1cccc(F)c1C#N. The quantitative estimate of drug-likeness (QED) is 0.905. The Hall–Kier alpha value is -2.94. The van der Waals surface area contributed by atoms with Crippen LogP contribution in [0.3, 0.4) is 0 Å². The molecular weight excluding hydrogens is 271 g/mol. The second-order valence-corrected chi connectivity index (χ2v) is 4.18. The highest BCUT2D eigenvalue weighted by Crippen LogP contribution is 2.20. The van der Waals surface area contributed by atoms with Crippen LogP contribution in [0.25, 0.3) is 0 Å². The van der Waals surface area contributed by atoms with E-state index in [-0.39, 0.29) is 11.3 Å². The molecule has 0 bridgehead atoms. The summed E-state index contributed by atoms with van der Waals surface area (Å²) in [4.78, 5) is 16.2. The van der Waals surface area contributed by atoms with Crippen molar-refractivity contribution in [1.82, 2.24) is 4.98 Å². The zero-order valence-corrected chi connectivity index (χ0v) is 11.4. The highest BCUT2D eigenvalue weighted by atomic mass is 19.1. The van der Waals surface area contributed by atoms with E-state index in [1.54, 1.807) is 18.3 Å². The Balaban J connectivity index is 2.31. The molecule has 5 nitrogen and oxygen atoms in total. The van der Waals surface area contributed by atoms with E-state index in [0.717, 1.165) is 0 Å². The van der Waals surface area contributed by atoms with Crippen LogP contribution in [0.1, 0.15) is 22.8 Å². The van der Waals surface area contributed by atoms with E-state index in [9.17, 15) is 9.18 Å². The number of benzene rings is 1. The number of rotatable bonds is 4. The van der Waals surface area contributed by atoms with Gasteiger partial charge < -0.3 is 10.6 Å². The molecule has 1 aromatic carbocycles. The maximum Gasteiger partial charge on any atom is 0.259 e. The summed E-state index contributed by atoms with van der Waals surface area (Å²) in [5.41, 5.74) is 0.890. The van der Waals surface area contributed by atoms with Crippen LogP contribution in [0.15, 0.2) is 36.7 Å². The highest BCUT2D eigenvalue weighted by molar-refractivity contribution is 6.08. The fourth-order valence-corrected chi connectivity index (χ4v) is 1.85. The highest BCUT2D eigenvalue weighted by Gasteiger charge is 2.15. The smallest absolute Gasteiger partial charge is 0.259 e. The molecule has 106 valence electrons. The summed E-state index contributed by atoms with van der Waals surface area (Å²) in [7, 11) is 0. The summed E-state index contributed by atoms with van der Waals surface area (Å²) in [6, 6.07) is 7.49. The number of carbonyl (C=O) groups excluding carboxylic acids is 1. The van der Waals surface area contributed by atoms with E-state index in [1.165, 1.54) is 24.4 Å². The minimum Gasteiger partial charge on any atom is -0.385 e. The van der Waals surface area contributed by atoms with E-state index in [4.69, 9.17) is 5.26 Å². The molecule has 21 heavy (non-hydrogen) atoms. The van der Waals surface area contributed by atoms with E-state index < -0.39 is 11.7 Å². The number of nitrogens with zero attached hydrogens (tertiary/aromatic N) is 2. The third-order valence-electron chi connectivity index (χ3n) is 2.81. The van der Waals surface area contributed by atoms with Gasteiger partial charge in [-0.1, -0.05) is 6.07 Å². The molecule has 1 aromatic heterocycles. The van der Waals surface area contributed by atoms with Crippen LogP contribution in [0.2, 0.25) is 0 Å². The first-order valence-electron chi connectivity index (χ1n) is 6.35. The fourth-order valence-electron chi connectivity index (χ4n) is 1.85. The maximum absolute atomic E-state index is 13.5. The molecule has 1 heterocycles. The van der Waals surface area contributed by atoms with Gasteiger partial charge in [0, 0.05) is 18.9 Å². The Morgan fingerprint density at radius 1 is 1.38 bits per heavy atom. The van der Waals surface area contributed by atoms with Gasteiger partial charge in [-0.2, -0.15) is 5.26 Å². The second-order valence-electron chi connectivity index (χ2n) is 4.18. The van der Waals surface area contributed by atoms with Crippen LogP contribution in [-0.2, 0) is 0 Å². The monoisotopic (exact) mass is 284 g/mol. The molecule has 0 saturated carbocycles. The van der Waals surface area contributed by atoms with Crippen molar-refractivity contribution in [1.29, 1.82) is 5.26 Å². The molecule has 0 spiro atoms. The molecule has 0 radical (unpaired) electrons. The average Bonchev–Trinajstić information content (AvgIpc) is 2.48. The molecule has 0 unspecified atom stereocenters. The first-order chi connectivity index (χ1) is 10.2. The van der Waals surface area contributed by atoms with Gasteiger partial charge in [-0.05, 0) is 25.1 Å². The number of hydrogen-bond acceptors (Lipinski definition) is 4. The van der Waals surface area contributed by atoms with Crippen molar-refractivity contribution in [2.24, 2.45) is 0 Å². The van der Waals surface area contributed by atoms with Crippen molar-refractivity contribution in [3.05, 3.63) is 53.6 Å². The second kappa shape index (κ2) is 6.48. The average molecular weight is 284 g/mol. The minimum absolute atomic E-state index is 0.133. The van der Waals surface area contributed by atoms with Crippen molar-refractivity contribution in [3.8, 4) is 6.07 Å². The molecule has 0 atom stereocenters. The first-order valence-corrected chi connectivity index (χ1v) is 6.35. The lowest BCUT2D eigenvalue weighted by Gasteiger charge is -2.11. The predicted molar refractivity (Wildman–Crippen MR) is 77.5 cm³/mol. The summed E-state index contributed by atoms with van der Waals surface area (Å²) >= 11 is 0. The van der Waals surface area contributed by atoms with Crippen LogP contribution < -0.4 is 10.6 Å². The van der Waals surface area contributed by atoms with Crippen LogP contribution in [-0.4, -0.2) is 17.4 Å². The Morgan fingerprint density at radius 2 is 2.19 bits per heavy atom. The van der Waals surface area contributed by atoms with E-state index >= 15 is 0 Å². The van der Waals surface area contributed by atoms with Crippen LogP contribution >= 0.6 is 0 Å². The molecule has 0 saturated heterocycles. The predicted octanol–water partition coefficient (Wildman–Crippen LogP) is 2.78. The lowest BCUT2D eigenvalue weighted by atomic mass is 10.1. The Labute approximate surface area is 121 Å². The number of hydrogen-bond donors (Lipinski definition) is 2. The van der Waals surface area contributed by atoms with Crippen molar-refractivity contribution in [3.63, 3.8) is 0 Å². The Morgan fingerprint density at radius 3 is 2.90 bits per heavy atom. The molecule has 0 fully saturated rings. The zero-order chi connectivity index (χ0) is 15.2. The molecular formula is C15H13FN4O. The number of pyridine rings is 1. The summed E-state index contributed by atoms with van der Waals surface area (Å²) in [6.45, 7) is 2.55. The number of halogens is 1. The van der Waals surface area contributed by atoms with Crippen LogP contribution in [0.4, 0.5) is 15.8 Å². The number of nitriles is 1. The van der Waals surface area contributed by atoms with Gasteiger partial charge in [-0.25, -0.2) is 4.39 Å². The van der Waals surface area contributed by atoms with Gasteiger partial charge >= 0.3 is 0 Å². The number of anilines is 2. The molecule has 1 amide bonds. The van der Waals surface area contributed by atoms with Crippen LogP contribution in [0.5, 0.6) is 0 Å². The van der Waals surface area contributed by atoms with Crippen molar-refractivity contribution in [2.45, 2.75) is 6.92 Å². The van der Waals surface area contributed by atoms with E-state index in [1.807, 2.05) is 6.92 Å². The molecule has 2 N–H and O–H groups in total. The standard InChI is InChI=1S/C15H13FN4O/c1-2-19-13-6-7-18-9-11(13)15(21)20-14-5-3-4-12(16)10(14)8-17/h3-7,9H,2H2,1H3,(H,18,19)(H,20,21). The molecule has 0 aliphatic carbocycles. The lowest BCUT2D eigenvalue weighted by Crippen LogP contribution is -2.16. The lowest BCUT2D eigenvalue weighted by molar-refractivity contribution is 0.102. The van der Waals surface area contributed by atoms with Crippen LogP contribution in [0, 0.1) is 17.1 Å². The summed E-state index contributed by atoms with van der Waals surface area (Å²) < 4.78 is 13.5. The van der Waals surface area contributed by atoms with Crippen molar-refractivity contribution < 1.29 is 9.18 Å². The normalized spacial score (nSPS) is 9.76. The van der Waals surface area contributed by atoms with Crippen molar-refractivity contribution >= 4 is 17.3 Å². The van der Waals surface area contributed by atoms with Gasteiger partial charge in [0.25, 0.3) is 5.91 Å². The molecule has 0 aliphatic heterocycles. The molecule has 2 rings (SSSR count). The topological polar surface area (TPSA) is 77.8 Å². The number of amides is 1. The van der Waals surface area contributed by atoms with E-state index in [2.05, 4.69) is 15.6 Å². The minimum atomic E-state index is -0.673. The number of aromatic nitrogens is 1. The van der Waals surface area contributed by atoms with Gasteiger partial charge in [0.2, 0.25) is 0 Å². The van der Waals surface area contributed by atoms with Crippen molar-refractivity contribution in [2.75, 3.05) is 17.2 Å². The molecule has 6 heteroatoms. The summed E-state index contributed by atoms with van der Waals surface area (Å²) in [5, 5.41) is 14.5. The van der Waals surface area contributed by atoms with Gasteiger partial charge in [0.05, 0.1) is 16.9 Å². The Bertz CT molecular complexity index is 709. The molecule has 0 aliphatic rings. The third-order valence-corrected chi connectivity index (χ3v) is 2.81. The van der Waals surface area contributed by atoms with Gasteiger partial charge in [-0.3, -0.25) is 9.78 Å². The zero-order valence-electron chi connectivity index (χ0n) is 11.4. The fraction of sp³-hybridized carbons (Fsp3) is 0.133. The Kier molecular flexibility index (Phi) is 4.46. The first kappa shape index (κ1) is 14.5. The van der Waals surface area contributed by atoms with Gasteiger partial charge in [0.1, 0.15) is 17.4 Å². The van der Waals surface area contributed by atoms with Gasteiger partial charge in [0.15, 0.2) is 0 Å². The third kappa shape index (κ3) is 3.15. The van der Waals surface area contributed by atoms with Gasteiger partial charge in [-0.15, -0.1) is 0 Å². The summed E-state index contributed by atoms with van der Waals surface area (Å²) in [5.74, 6) is -1.13. The van der Waals surface area contributed by atoms with E-state index in [0.29, 0.717) is 17.8 Å². The molecule has 2 aromatic rings. The maximum atomic E-state index is 13.5. The largest absolute Gasteiger partial charge is 0.385 e. The number of nitrogens with one attached hydrogen (secondary N) is 2. The number of carbonyl (C=O) groups is 1.